The second kappa shape index (κ2) is 5.27. The highest BCUT2D eigenvalue weighted by molar-refractivity contribution is 6.04. The molecule has 3 rings (SSSR count). The van der Waals surface area contributed by atoms with E-state index in [1.807, 2.05) is 0 Å². The minimum absolute atomic E-state index is 0.141. The molecule has 0 saturated carbocycles. The van der Waals surface area contributed by atoms with Crippen LogP contribution in [0.4, 0.5) is 0 Å². The smallest absolute Gasteiger partial charge is 0.341 e. The van der Waals surface area contributed by atoms with Crippen molar-refractivity contribution in [3.05, 3.63) is 47.3 Å². The van der Waals surface area contributed by atoms with Crippen molar-refractivity contribution in [3.63, 3.8) is 0 Å². The van der Waals surface area contributed by atoms with Crippen molar-refractivity contribution in [3.8, 4) is 17.2 Å². The van der Waals surface area contributed by atoms with Crippen LogP contribution in [0, 0.1) is 6.92 Å². The van der Waals surface area contributed by atoms with E-state index in [0.29, 0.717) is 17.0 Å². The number of aromatic hydroxyl groups is 2. The lowest BCUT2D eigenvalue weighted by molar-refractivity contribution is 0.0683. The number of aromatic carboxylic acids is 2. The summed E-state index contributed by atoms with van der Waals surface area (Å²) < 4.78 is 1.42. The van der Waals surface area contributed by atoms with E-state index in [9.17, 15) is 24.9 Å². The van der Waals surface area contributed by atoms with E-state index in [2.05, 4.69) is 4.98 Å². The van der Waals surface area contributed by atoms with Crippen LogP contribution in [-0.4, -0.2) is 41.9 Å². The van der Waals surface area contributed by atoms with Gasteiger partial charge in [-0.3, -0.25) is 4.57 Å². The first-order valence-electron chi connectivity index (χ1n) is 6.82. The van der Waals surface area contributed by atoms with Crippen LogP contribution in [-0.2, 0) is 0 Å². The third-order valence-corrected chi connectivity index (χ3v) is 3.65. The first kappa shape index (κ1) is 15.3. The molecule has 4 N–H and O–H groups in total. The molecule has 0 saturated heterocycles. The summed E-state index contributed by atoms with van der Waals surface area (Å²) in [5.74, 6) is -3.09. The summed E-state index contributed by atoms with van der Waals surface area (Å²) in [7, 11) is 0. The molecular formula is C16H12N2O6. The zero-order valence-electron chi connectivity index (χ0n) is 12.4. The molecule has 0 fully saturated rings. The van der Waals surface area contributed by atoms with Gasteiger partial charge in [-0.1, -0.05) is 0 Å². The predicted molar refractivity (Wildman–Crippen MR) is 83.1 cm³/mol. The number of aryl methyl sites for hydroxylation is 1. The molecule has 0 radical (unpaired) electrons. The molecule has 0 bridgehead atoms. The fourth-order valence-corrected chi connectivity index (χ4v) is 2.63. The third-order valence-electron chi connectivity index (χ3n) is 3.65. The fourth-order valence-electron chi connectivity index (χ4n) is 2.63. The van der Waals surface area contributed by atoms with E-state index in [0.717, 1.165) is 0 Å². The molecule has 0 aliphatic carbocycles. The molecule has 3 aromatic rings. The summed E-state index contributed by atoms with van der Waals surface area (Å²) >= 11 is 0. The summed E-state index contributed by atoms with van der Waals surface area (Å²) in [5, 5.41) is 38.1. The number of rotatable bonds is 3. The van der Waals surface area contributed by atoms with Crippen LogP contribution in [0.5, 0.6) is 11.5 Å². The Bertz CT molecular complexity index is 1010. The summed E-state index contributed by atoms with van der Waals surface area (Å²) in [5.41, 5.74) is 0.122. The van der Waals surface area contributed by atoms with E-state index < -0.39 is 23.4 Å². The summed E-state index contributed by atoms with van der Waals surface area (Å²) in [6, 6.07) is 6.56. The number of carboxylic acids is 2. The molecular weight excluding hydrogens is 316 g/mol. The van der Waals surface area contributed by atoms with E-state index in [-0.39, 0.29) is 16.6 Å². The topological polar surface area (TPSA) is 133 Å². The maximum absolute atomic E-state index is 11.5. The molecule has 24 heavy (non-hydrogen) atoms. The standard InChI is InChI=1S/C16H12N2O6/c1-7-17-10-3-5-12(20)13(16(23)24)14(10)18(7)8-2-4-11(19)9(6-8)15(21)22/h2-6,19-20H,1H3,(H,21,22)(H,23,24). The van der Waals surface area contributed by atoms with Crippen molar-refractivity contribution in [1.82, 2.24) is 9.55 Å². The second-order valence-corrected chi connectivity index (χ2v) is 5.13. The maximum Gasteiger partial charge on any atom is 0.341 e. The number of imidazole rings is 1. The fraction of sp³-hybridized carbons (Fsp3) is 0.0625. The lowest BCUT2D eigenvalue weighted by Crippen LogP contribution is -2.05. The number of fused-ring (bicyclic) bond motifs is 1. The largest absolute Gasteiger partial charge is 0.507 e. The first-order valence-corrected chi connectivity index (χ1v) is 6.82. The number of carbonyl (C=O) groups is 2. The Balaban J connectivity index is 2.41. The van der Waals surface area contributed by atoms with Gasteiger partial charge in [0, 0.05) is 5.69 Å². The van der Waals surface area contributed by atoms with E-state index in [1.165, 1.54) is 34.9 Å². The van der Waals surface area contributed by atoms with Gasteiger partial charge in [0.2, 0.25) is 0 Å². The van der Waals surface area contributed by atoms with Crippen LogP contribution >= 0.6 is 0 Å². The number of hydrogen-bond acceptors (Lipinski definition) is 5. The van der Waals surface area contributed by atoms with Crippen molar-refractivity contribution >= 4 is 23.0 Å². The zero-order valence-corrected chi connectivity index (χ0v) is 12.4. The van der Waals surface area contributed by atoms with Gasteiger partial charge < -0.3 is 20.4 Å². The Hall–Kier alpha value is -3.55. The molecule has 0 unspecified atom stereocenters. The van der Waals surface area contributed by atoms with Gasteiger partial charge in [-0.15, -0.1) is 0 Å². The molecule has 1 aromatic heterocycles. The normalized spacial score (nSPS) is 10.9. The molecule has 0 aliphatic heterocycles. The number of phenols is 2. The Labute approximate surface area is 134 Å². The molecule has 2 aromatic carbocycles. The molecule has 122 valence electrons. The Morgan fingerprint density at radius 1 is 1.00 bits per heavy atom. The van der Waals surface area contributed by atoms with Gasteiger partial charge in [-0.25, -0.2) is 14.6 Å². The highest BCUT2D eigenvalue weighted by atomic mass is 16.4. The van der Waals surface area contributed by atoms with E-state index in [1.54, 1.807) is 6.92 Å². The van der Waals surface area contributed by atoms with E-state index >= 15 is 0 Å². The van der Waals surface area contributed by atoms with Crippen molar-refractivity contribution < 1.29 is 30.0 Å². The predicted octanol–water partition coefficient (Wildman–Crippen LogP) is 2.14. The monoisotopic (exact) mass is 328 g/mol. The van der Waals surface area contributed by atoms with E-state index in [4.69, 9.17) is 5.11 Å². The third kappa shape index (κ3) is 2.21. The molecule has 0 atom stereocenters. The van der Waals surface area contributed by atoms with Crippen molar-refractivity contribution in [1.29, 1.82) is 0 Å². The minimum Gasteiger partial charge on any atom is -0.507 e. The van der Waals surface area contributed by atoms with Crippen molar-refractivity contribution in [2.45, 2.75) is 6.92 Å². The number of hydrogen-bond donors (Lipinski definition) is 4. The molecule has 8 nitrogen and oxygen atoms in total. The summed E-state index contributed by atoms with van der Waals surface area (Å²) in [6.45, 7) is 1.62. The number of benzene rings is 2. The van der Waals surface area contributed by atoms with Crippen LogP contribution in [0.1, 0.15) is 26.5 Å². The van der Waals surface area contributed by atoms with Gasteiger partial charge >= 0.3 is 11.9 Å². The highest BCUT2D eigenvalue weighted by Gasteiger charge is 2.22. The molecule has 0 aliphatic rings. The van der Waals surface area contributed by atoms with Crippen LogP contribution in [0.25, 0.3) is 16.7 Å². The Morgan fingerprint density at radius 3 is 2.29 bits per heavy atom. The Morgan fingerprint density at radius 2 is 1.67 bits per heavy atom. The van der Waals surface area contributed by atoms with Crippen LogP contribution in [0.15, 0.2) is 30.3 Å². The second-order valence-electron chi connectivity index (χ2n) is 5.13. The average Bonchev–Trinajstić information content (AvgIpc) is 2.83. The minimum atomic E-state index is -1.34. The van der Waals surface area contributed by atoms with Crippen LogP contribution in [0.2, 0.25) is 0 Å². The van der Waals surface area contributed by atoms with Gasteiger partial charge in [0.25, 0.3) is 0 Å². The van der Waals surface area contributed by atoms with Crippen molar-refractivity contribution in [2.75, 3.05) is 0 Å². The van der Waals surface area contributed by atoms with Gasteiger partial charge in [-0.2, -0.15) is 0 Å². The number of nitrogens with zero attached hydrogens (tertiary/aromatic N) is 2. The lowest BCUT2D eigenvalue weighted by Gasteiger charge is -2.11. The SMILES string of the molecule is Cc1nc2ccc(O)c(C(=O)O)c2n1-c1ccc(O)c(C(=O)O)c1. The molecule has 0 amide bonds. The summed E-state index contributed by atoms with van der Waals surface area (Å²) in [6.07, 6.45) is 0. The molecule has 8 heteroatoms. The van der Waals surface area contributed by atoms with Gasteiger partial charge in [0.1, 0.15) is 28.5 Å². The van der Waals surface area contributed by atoms with Crippen LogP contribution < -0.4 is 0 Å². The first-order chi connectivity index (χ1) is 11.3. The number of carboxylic acid groups (broad SMARTS) is 2. The number of aromatic nitrogens is 2. The maximum atomic E-state index is 11.5. The zero-order chi connectivity index (χ0) is 17.6. The average molecular weight is 328 g/mol. The van der Waals surface area contributed by atoms with Gasteiger partial charge in [-0.05, 0) is 37.3 Å². The van der Waals surface area contributed by atoms with Gasteiger partial charge in [0.05, 0.1) is 11.0 Å². The highest BCUT2D eigenvalue weighted by Crippen LogP contribution is 2.31. The van der Waals surface area contributed by atoms with Gasteiger partial charge in [0.15, 0.2) is 0 Å². The summed E-state index contributed by atoms with van der Waals surface area (Å²) in [4.78, 5) is 27.0. The Kier molecular flexibility index (Phi) is 3.37. The lowest BCUT2D eigenvalue weighted by atomic mass is 10.1. The molecule has 1 heterocycles. The van der Waals surface area contributed by atoms with Crippen molar-refractivity contribution in [2.24, 2.45) is 0 Å². The quantitative estimate of drug-likeness (QED) is 0.579. The van der Waals surface area contributed by atoms with Crippen LogP contribution in [0.3, 0.4) is 0 Å². The molecule has 0 spiro atoms.